The molecule has 0 bridgehead atoms. The smallest absolute Gasteiger partial charge is 0.246 e. The Balaban J connectivity index is 1.67. The minimum atomic E-state index is -4.36. The Labute approximate surface area is 171 Å². The first kappa shape index (κ1) is 21.4. The van der Waals surface area contributed by atoms with Gasteiger partial charge in [-0.2, -0.15) is 4.31 Å². The number of rotatable bonds is 4. The number of carbonyl (C=O) groups excluding carboxylic acids is 1. The van der Waals surface area contributed by atoms with Gasteiger partial charge in [-0.15, -0.1) is 0 Å². The van der Waals surface area contributed by atoms with Crippen LogP contribution in [0.15, 0.2) is 47.4 Å². The average molecular weight is 445 g/mol. The zero-order valence-electron chi connectivity index (χ0n) is 15.0. The summed E-state index contributed by atoms with van der Waals surface area (Å²) in [6, 6.07) is 8.16. The largest absolute Gasteiger partial charge is 0.337 e. The molecular weight excluding hydrogens is 429 g/mol. The molecule has 2 aromatic rings. The number of hydrogen-bond donors (Lipinski definition) is 0. The van der Waals surface area contributed by atoms with Gasteiger partial charge in [-0.05, 0) is 35.9 Å². The molecule has 1 fully saturated rings. The fraction of sp³-hybridized carbons (Fsp3) is 0.211. The van der Waals surface area contributed by atoms with Crippen LogP contribution < -0.4 is 0 Å². The topological polar surface area (TPSA) is 57.7 Å². The molecule has 0 atom stereocenters. The lowest BCUT2D eigenvalue weighted by molar-refractivity contribution is -0.127. The molecule has 5 nitrogen and oxygen atoms in total. The zero-order valence-corrected chi connectivity index (χ0v) is 16.6. The highest BCUT2D eigenvalue weighted by Crippen LogP contribution is 2.24. The van der Waals surface area contributed by atoms with Crippen molar-refractivity contribution in [2.45, 2.75) is 4.90 Å². The monoisotopic (exact) mass is 444 g/mol. The lowest BCUT2D eigenvalue weighted by Crippen LogP contribution is -2.50. The van der Waals surface area contributed by atoms with Gasteiger partial charge in [-0.3, -0.25) is 4.79 Å². The fourth-order valence-corrected chi connectivity index (χ4v) is 4.56. The van der Waals surface area contributed by atoms with Crippen LogP contribution in [0.5, 0.6) is 0 Å². The summed E-state index contributed by atoms with van der Waals surface area (Å²) >= 11 is 5.89. The molecule has 10 heteroatoms. The van der Waals surface area contributed by atoms with Gasteiger partial charge in [-0.25, -0.2) is 21.6 Å². The molecule has 0 saturated carbocycles. The number of carbonyl (C=O) groups is 1. The van der Waals surface area contributed by atoms with E-state index >= 15 is 0 Å². The van der Waals surface area contributed by atoms with Gasteiger partial charge in [0.15, 0.2) is 17.5 Å². The fourth-order valence-electron chi connectivity index (χ4n) is 2.88. The summed E-state index contributed by atoms with van der Waals surface area (Å²) in [6.07, 6.45) is 2.94. The molecule has 0 radical (unpaired) electrons. The molecule has 154 valence electrons. The van der Waals surface area contributed by atoms with Crippen LogP contribution in [-0.2, 0) is 14.8 Å². The summed E-state index contributed by atoms with van der Waals surface area (Å²) in [6.45, 7) is -0.0540. The van der Waals surface area contributed by atoms with E-state index in [1.165, 1.54) is 11.0 Å². The lowest BCUT2D eigenvalue weighted by Gasteiger charge is -2.33. The van der Waals surface area contributed by atoms with Gasteiger partial charge in [0.05, 0.1) is 0 Å². The molecule has 0 aliphatic carbocycles. The Hall–Kier alpha value is -2.36. The number of benzene rings is 2. The van der Waals surface area contributed by atoms with Crippen molar-refractivity contribution in [3.8, 4) is 0 Å². The molecule has 1 heterocycles. The van der Waals surface area contributed by atoms with E-state index < -0.39 is 32.4 Å². The number of piperazine rings is 1. The normalized spacial score (nSPS) is 15.8. The number of sulfonamides is 1. The Morgan fingerprint density at radius 3 is 2.34 bits per heavy atom. The quantitative estimate of drug-likeness (QED) is 0.537. The van der Waals surface area contributed by atoms with Gasteiger partial charge in [0, 0.05) is 37.3 Å². The number of amides is 1. The van der Waals surface area contributed by atoms with E-state index in [9.17, 15) is 26.4 Å². The van der Waals surface area contributed by atoms with Crippen molar-refractivity contribution in [1.29, 1.82) is 0 Å². The first-order chi connectivity index (χ1) is 13.7. The van der Waals surface area contributed by atoms with E-state index in [0.717, 1.165) is 9.87 Å². The highest BCUT2D eigenvalue weighted by atomic mass is 35.5. The van der Waals surface area contributed by atoms with Crippen LogP contribution in [0.3, 0.4) is 0 Å². The third kappa shape index (κ3) is 4.63. The minimum Gasteiger partial charge on any atom is -0.337 e. The molecule has 1 aliphatic rings. The van der Waals surface area contributed by atoms with Crippen molar-refractivity contribution in [2.75, 3.05) is 26.2 Å². The van der Waals surface area contributed by atoms with E-state index in [4.69, 9.17) is 11.6 Å². The van der Waals surface area contributed by atoms with E-state index in [2.05, 4.69) is 0 Å². The van der Waals surface area contributed by atoms with Crippen molar-refractivity contribution in [3.05, 3.63) is 70.5 Å². The first-order valence-electron chi connectivity index (χ1n) is 8.56. The summed E-state index contributed by atoms with van der Waals surface area (Å²) < 4.78 is 66.4. The van der Waals surface area contributed by atoms with Gasteiger partial charge in [0.25, 0.3) is 0 Å². The molecule has 0 spiro atoms. The van der Waals surface area contributed by atoms with Crippen LogP contribution in [0, 0.1) is 17.5 Å². The lowest BCUT2D eigenvalue weighted by atomic mass is 10.2. The summed E-state index contributed by atoms with van der Waals surface area (Å²) in [5.74, 6) is -5.39. The number of nitrogens with zero attached hydrogens (tertiary/aromatic N) is 2. The molecular formula is C19H16ClF3N2O3S. The maximum Gasteiger partial charge on any atom is 0.246 e. The molecule has 2 aromatic carbocycles. The Morgan fingerprint density at radius 1 is 1.00 bits per heavy atom. The summed E-state index contributed by atoms with van der Waals surface area (Å²) in [7, 11) is -4.36. The highest BCUT2D eigenvalue weighted by Gasteiger charge is 2.33. The van der Waals surface area contributed by atoms with Gasteiger partial charge >= 0.3 is 0 Å². The second kappa shape index (κ2) is 8.56. The summed E-state index contributed by atoms with van der Waals surface area (Å²) in [5, 5.41) is 0.530. The molecule has 0 N–H and O–H groups in total. The molecule has 1 saturated heterocycles. The number of halogens is 4. The predicted molar refractivity (Wildman–Crippen MR) is 102 cm³/mol. The standard InChI is InChI=1S/C19H16ClF3N2O3S/c20-14-3-1-2-13(12-14)4-7-17(26)24-8-10-25(11-9-24)29(27,28)16-6-5-15(21)18(22)19(16)23/h1-7,12H,8-11H2. The second-order valence-electron chi connectivity index (χ2n) is 6.29. The van der Waals surface area contributed by atoms with Gasteiger partial charge in [0.2, 0.25) is 15.9 Å². The van der Waals surface area contributed by atoms with E-state index in [0.29, 0.717) is 17.2 Å². The van der Waals surface area contributed by atoms with E-state index in [-0.39, 0.29) is 32.1 Å². The second-order valence-corrected chi connectivity index (χ2v) is 8.63. The predicted octanol–water partition coefficient (Wildman–Crippen LogP) is 3.30. The van der Waals surface area contributed by atoms with Crippen LogP contribution in [-0.4, -0.2) is 49.7 Å². The van der Waals surface area contributed by atoms with Crippen LogP contribution in [0.2, 0.25) is 5.02 Å². The van der Waals surface area contributed by atoms with Crippen LogP contribution in [0.4, 0.5) is 13.2 Å². The SMILES string of the molecule is O=C(C=Cc1cccc(Cl)c1)N1CCN(S(=O)(=O)c2ccc(F)c(F)c2F)CC1. The molecule has 1 amide bonds. The maximum atomic E-state index is 13.9. The van der Waals surface area contributed by atoms with E-state index in [1.54, 1.807) is 30.3 Å². The van der Waals surface area contributed by atoms with Crippen molar-refractivity contribution in [2.24, 2.45) is 0 Å². The third-order valence-electron chi connectivity index (χ3n) is 4.43. The molecule has 3 rings (SSSR count). The van der Waals surface area contributed by atoms with Gasteiger partial charge < -0.3 is 4.90 Å². The average Bonchev–Trinajstić information content (AvgIpc) is 2.70. The number of hydrogen-bond acceptors (Lipinski definition) is 3. The Morgan fingerprint density at radius 2 is 1.69 bits per heavy atom. The summed E-state index contributed by atoms with van der Waals surface area (Å²) in [4.78, 5) is 12.8. The molecule has 29 heavy (non-hydrogen) atoms. The third-order valence-corrected chi connectivity index (χ3v) is 6.59. The Bertz CT molecular complexity index is 1070. The minimum absolute atomic E-state index is 0.0727. The Kier molecular flexibility index (Phi) is 6.30. The van der Waals surface area contributed by atoms with Crippen molar-refractivity contribution in [3.63, 3.8) is 0 Å². The first-order valence-corrected chi connectivity index (χ1v) is 10.4. The maximum absolute atomic E-state index is 13.9. The van der Waals surface area contributed by atoms with Crippen LogP contribution in [0.25, 0.3) is 6.08 Å². The molecule has 0 aromatic heterocycles. The van der Waals surface area contributed by atoms with Crippen molar-refractivity contribution < 1.29 is 26.4 Å². The summed E-state index contributed by atoms with van der Waals surface area (Å²) in [5.41, 5.74) is 0.737. The highest BCUT2D eigenvalue weighted by molar-refractivity contribution is 7.89. The van der Waals surface area contributed by atoms with Gasteiger partial charge in [0.1, 0.15) is 4.90 Å². The van der Waals surface area contributed by atoms with Crippen LogP contribution >= 0.6 is 11.6 Å². The van der Waals surface area contributed by atoms with Crippen LogP contribution in [0.1, 0.15) is 5.56 Å². The van der Waals surface area contributed by atoms with Gasteiger partial charge in [-0.1, -0.05) is 23.7 Å². The van der Waals surface area contributed by atoms with Crippen molar-refractivity contribution >= 4 is 33.6 Å². The molecule has 0 unspecified atom stereocenters. The van der Waals surface area contributed by atoms with E-state index in [1.807, 2.05) is 0 Å². The van der Waals surface area contributed by atoms with Crippen molar-refractivity contribution in [1.82, 2.24) is 9.21 Å². The zero-order chi connectivity index (χ0) is 21.2. The molecule has 1 aliphatic heterocycles.